The van der Waals surface area contributed by atoms with Gasteiger partial charge < -0.3 is 11.1 Å². The van der Waals surface area contributed by atoms with Crippen molar-refractivity contribution < 1.29 is 9.72 Å². The number of halogens is 1. The fraction of sp³-hybridized carbons (Fsp3) is 0.562. The second-order valence-corrected chi connectivity index (χ2v) is 5.92. The second kappa shape index (κ2) is 8.84. The first-order valence-electron chi connectivity index (χ1n) is 7.79. The highest BCUT2D eigenvalue weighted by Gasteiger charge is 2.26. The van der Waals surface area contributed by atoms with E-state index in [4.69, 9.17) is 5.73 Å². The Labute approximate surface area is 142 Å². The first-order chi connectivity index (χ1) is 10.5. The summed E-state index contributed by atoms with van der Waals surface area (Å²) in [4.78, 5) is 23.0. The Morgan fingerprint density at radius 3 is 2.61 bits per heavy atom. The number of nitro groups is 1. The van der Waals surface area contributed by atoms with Gasteiger partial charge in [0.05, 0.1) is 4.92 Å². The monoisotopic (exact) mass is 341 g/mol. The zero-order valence-electron chi connectivity index (χ0n) is 13.3. The maximum atomic E-state index is 12.5. The zero-order valence-corrected chi connectivity index (χ0v) is 14.1. The smallest absolute Gasteiger partial charge is 0.273 e. The van der Waals surface area contributed by atoms with Crippen LogP contribution in [-0.2, 0) is 0 Å². The van der Waals surface area contributed by atoms with Crippen LogP contribution in [0.25, 0.3) is 0 Å². The Morgan fingerprint density at radius 2 is 2.04 bits per heavy atom. The number of carbonyl (C=O) groups is 1. The third kappa shape index (κ3) is 4.65. The van der Waals surface area contributed by atoms with E-state index in [0.717, 1.165) is 12.8 Å². The molecular weight excluding hydrogens is 318 g/mol. The molecule has 0 aliphatic heterocycles. The topological polar surface area (TPSA) is 98.3 Å². The molecule has 23 heavy (non-hydrogen) atoms. The minimum atomic E-state index is -0.465. The molecule has 1 atom stereocenters. The molecule has 0 heterocycles. The van der Waals surface area contributed by atoms with Gasteiger partial charge in [0.25, 0.3) is 11.6 Å². The lowest BCUT2D eigenvalue weighted by molar-refractivity contribution is -0.385. The highest BCUT2D eigenvalue weighted by Crippen LogP contribution is 2.27. The van der Waals surface area contributed by atoms with E-state index in [9.17, 15) is 14.9 Å². The minimum Gasteiger partial charge on any atom is -0.348 e. The summed E-state index contributed by atoms with van der Waals surface area (Å²) in [5.41, 5.74) is 6.53. The highest BCUT2D eigenvalue weighted by molar-refractivity contribution is 5.96. The summed E-state index contributed by atoms with van der Waals surface area (Å²) in [5, 5.41) is 13.9. The van der Waals surface area contributed by atoms with Crippen molar-refractivity contribution in [2.45, 2.75) is 45.1 Å². The van der Waals surface area contributed by atoms with E-state index < -0.39 is 4.92 Å². The average molecular weight is 342 g/mol. The Balaban J connectivity index is 0.00000264. The summed E-state index contributed by atoms with van der Waals surface area (Å²) < 4.78 is 0. The van der Waals surface area contributed by atoms with Crippen molar-refractivity contribution in [2.75, 3.05) is 6.54 Å². The first-order valence-corrected chi connectivity index (χ1v) is 7.79. The fourth-order valence-corrected chi connectivity index (χ4v) is 3.22. The summed E-state index contributed by atoms with van der Waals surface area (Å²) in [7, 11) is 0. The van der Waals surface area contributed by atoms with Gasteiger partial charge in [0.1, 0.15) is 0 Å². The van der Waals surface area contributed by atoms with Crippen molar-refractivity contribution in [3.63, 3.8) is 0 Å². The number of carbonyl (C=O) groups excluding carboxylic acids is 1. The Kier molecular flexibility index (Phi) is 7.45. The predicted molar refractivity (Wildman–Crippen MR) is 92.0 cm³/mol. The molecule has 0 radical (unpaired) electrons. The molecule has 3 N–H and O–H groups in total. The van der Waals surface area contributed by atoms with Gasteiger partial charge in [-0.1, -0.05) is 25.3 Å². The van der Waals surface area contributed by atoms with E-state index in [1.165, 1.54) is 31.4 Å². The van der Waals surface area contributed by atoms with Crippen LogP contribution in [0.2, 0.25) is 0 Å². The standard InChI is InChI=1S/C16H23N3O3.ClH/c1-11-13(8-5-9-15(11)19(21)22)16(20)18-14(10-17)12-6-3-2-4-7-12;/h5,8-9,12,14H,2-4,6-7,10,17H2,1H3,(H,18,20);1H. The Hall–Kier alpha value is -1.66. The van der Waals surface area contributed by atoms with Crippen LogP contribution in [0.1, 0.15) is 48.0 Å². The quantitative estimate of drug-likeness (QED) is 0.635. The average Bonchev–Trinajstić information content (AvgIpc) is 2.53. The van der Waals surface area contributed by atoms with Gasteiger partial charge in [0.15, 0.2) is 0 Å². The van der Waals surface area contributed by atoms with E-state index in [2.05, 4.69) is 5.32 Å². The van der Waals surface area contributed by atoms with Gasteiger partial charge in [-0.15, -0.1) is 12.4 Å². The van der Waals surface area contributed by atoms with Crippen LogP contribution in [0.15, 0.2) is 18.2 Å². The number of nitro benzene ring substituents is 1. The molecule has 1 amide bonds. The van der Waals surface area contributed by atoms with Gasteiger partial charge in [0.2, 0.25) is 0 Å². The minimum absolute atomic E-state index is 0. The lowest BCUT2D eigenvalue weighted by Gasteiger charge is -2.30. The summed E-state index contributed by atoms with van der Waals surface area (Å²) in [5.74, 6) is 0.129. The second-order valence-electron chi connectivity index (χ2n) is 5.92. The van der Waals surface area contributed by atoms with E-state index in [1.807, 2.05) is 0 Å². The molecule has 6 nitrogen and oxygen atoms in total. The van der Waals surface area contributed by atoms with Gasteiger partial charge in [-0.2, -0.15) is 0 Å². The first kappa shape index (κ1) is 19.4. The zero-order chi connectivity index (χ0) is 16.1. The molecular formula is C16H24ClN3O3. The molecule has 0 spiro atoms. The molecule has 7 heteroatoms. The molecule has 2 rings (SSSR count). The number of nitrogens with one attached hydrogen (secondary N) is 1. The Morgan fingerprint density at radius 1 is 1.39 bits per heavy atom. The van der Waals surface area contributed by atoms with Crippen molar-refractivity contribution in [3.05, 3.63) is 39.4 Å². The Bertz CT molecular complexity index is 560. The molecule has 1 unspecified atom stereocenters. The molecule has 1 aliphatic rings. The third-order valence-electron chi connectivity index (χ3n) is 4.54. The predicted octanol–water partition coefficient (Wildman–Crippen LogP) is 2.96. The van der Waals surface area contributed by atoms with Crippen molar-refractivity contribution in [3.8, 4) is 0 Å². The number of nitrogens with two attached hydrogens (primary N) is 1. The van der Waals surface area contributed by atoms with Gasteiger partial charge in [-0.3, -0.25) is 14.9 Å². The van der Waals surface area contributed by atoms with Crippen LogP contribution in [0.3, 0.4) is 0 Å². The number of nitrogens with zero attached hydrogens (tertiary/aromatic N) is 1. The van der Waals surface area contributed by atoms with Crippen LogP contribution in [-0.4, -0.2) is 23.4 Å². The molecule has 1 fully saturated rings. The number of rotatable bonds is 5. The van der Waals surface area contributed by atoms with Gasteiger partial charge in [0, 0.05) is 29.8 Å². The van der Waals surface area contributed by atoms with Crippen LogP contribution < -0.4 is 11.1 Å². The molecule has 0 bridgehead atoms. The molecule has 1 saturated carbocycles. The number of hydrogen-bond donors (Lipinski definition) is 2. The molecule has 0 aromatic heterocycles. The van der Waals surface area contributed by atoms with Crippen molar-refractivity contribution >= 4 is 24.0 Å². The van der Waals surface area contributed by atoms with Crippen LogP contribution in [0, 0.1) is 23.0 Å². The fourth-order valence-electron chi connectivity index (χ4n) is 3.22. The number of amides is 1. The van der Waals surface area contributed by atoms with Gasteiger partial charge >= 0.3 is 0 Å². The van der Waals surface area contributed by atoms with Crippen molar-refractivity contribution in [1.29, 1.82) is 0 Å². The molecule has 1 aliphatic carbocycles. The van der Waals surface area contributed by atoms with E-state index in [0.29, 0.717) is 23.6 Å². The lowest BCUT2D eigenvalue weighted by Crippen LogP contribution is -2.46. The van der Waals surface area contributed by atoms with E-state index >= 15 is 0 Å². The lowest BCUT2D eigenvalue weighted by atomic mass is 9.83. The molecule has 1 aromatic rings. The normalized spacial score (nSPS) is 16.3. The van der Waals surface area contributed by atoms with Crippen molar-refractivity contribution in [1.82, 2.24) is 5.32 Å². The SMILES string of the molecule is Cc1c(C(=O)NC(CN)C2CCCCC2)cccc1[N+](=O)[O-].Cl. The number of hydrogen-bond acceptors (Lipinski definition) is 4. The third-order valence-corrected chi connectivity index (χ3v) is 4.54. The van der Waals surface area contributed by atoms with E-state index in [1.54, 1.807) is 13.0 Å². The summed E-state index contributed by atoms with van der Waals surface area (Å²) >= 11 is 0. The van der Waals surface area contributed by atoms with Crippen LogP contribution in [0.5, 0.6) is 0 Å². The van der Waals surface area contributed by atoms with E-state index in [-0.39, 0.29) is 30.0 Å². The van der Waals surface area contributed by atoms with Gasteiger partial charge in [-0.25, -0.2) is 0 Å². The molecule has 1 aromatic carbocycles. The highest BCUT2D eigenvalue weighted by atomic mass is 35.5. The maximum Gasteiger partial charge on any atom is 0.273 e. The van der Waals surface area contributed by atoms with Crippen LogP contribution in [0.4, 0.5) is 5.69 Å². The largest absolute Gasteiger partial charge is 0.348 e. The number of benzene rings is 1. The molecule has 128 valence electrons. The summed E-state index contributed by atoms with van der Waals surface area (Å²) in [6, 6.07) is 4.50. The van der Waals surface area contributed by atoms with Crippen molar-refractivity contribution in [2.24, 2.45) is 11.7 Å². The van der Waals surface area contributed by atoms with Crippen LogP contribution >= 0.6 is 12.4 Å². The summed E-state index contributed by atoms with van der Waals surface area (Å²) in [6.45, 7) is 2.00. The maximum absolute atomic E-state index is 12.5. The summed E-state index contributed by atoms with van der Waals surface area (Å²) in [6.07, 6.45) is 5.75. The molecule has 0 saturated heterocycles. The van der Waals surface area contributed by atoms with Gasteiger partial charge in [-0.05, 0) is 31.7 Å².